The average molecular weight is 248 g/mol. The molecule has 0 atom stereocenters. The van der Waals surface area contributed by atoms with Gasteiger partial charge in [-0.25, -0.2) is 0 Å². The molecule has 1 aromatic carbocycles. The van der Waals surface area contributed by atoms with Crippen LogP contribution in [-0.2, 0) is 13.1 Å². The van der Waals surface area contributed by atoms with Crippen LogP contribution < -0.4 is 22.1 Å². The summed E-state index contributed by atoms with van der Waals surface area (Å²) in [7, 11) is 3.30. The molecule has 18 heavy (non-hydrogen) atoms. The predicted molar refractivity (Wildman–Crippen MR) is 75.2 cm³/mol. The summed E-state index contributed by atoms with van der Waals surface area (Å²) >= 11 is 0. The number of nitrogens with zero attached hydrogens (tertiary/aromatic N) is 2. The minimum atomic E-state index is 0.438. The highest BCUT2D eigenvalue weighted by molar-refractivity contribution is 5.78. The zero-order chi connectivity index (χ0) is 13.4. The minimum Gasteiger partial charge on any atom is -0.370 e. The van der Waals surface area contributed by atoms with Gasteiger partial charge in [-0.3, -0.25) is 9.98 Å². The molecule has 0 aliphatic carbocycles. The number of aliphatic imine (C=N–C) groups is 2. The molecule has 6 nitrogen and oxygen atoms in total. The summed E-state index contributed by atoms with van der Waals surface area (Å²) in [5.74, 6) is 0.875. The fraction of sp³-hybridized carbons (Fsp3) is 0.333. The predicted octanol–water partition coefficient (Wildman–Crippen LogP) is -0.245. The summed E-state index contributed by atoms with van der Waals surface area (Å²) in [4.78, 5) is 7.65. The molecule has 6 heteroatoms. The van der Waals surface area contributed by atoms with Gasteiger partial charge in [0, 0.05) is 27.2 Å². The Kier molecular flexibility index (Phi) is 5.50. The van der Waals surface area contributed by atoms with Crippen LogP contribution in [0.15, 0.2) is 34.3 Å². The lowest BCUT2D eigenvalue weighted by Crippen LogP contribution is -2.31. The van der Waals surface area contributed by atoms with E-state index < -0.39 is 0 Å². The lowest BCUT2D eigenvalue weighted by atomic mass is 10.1. The summed E-state index contributed by atoms with van der Waals surface area (Å²) in [5.41, 5.74) is 13.4. The van der Waals surface area contributed by atoms with Crippen molar-refractivity contribution in [2.45, 2.75) is 13.1 Å². The van der Waals surface area contributed by atoms with Gasteiger partial charge in [0.15, 0.2) is 11.9 Å². The number of nitrogens with one attached hydrogen (secondary N) is 2. The second-order valence-electron chi connectivity index (χ2n) is 3.74. The molecule has 0 saturated carbocycles. The summed E-state index contributed by atoms with van der Waals surface area (Å²) in [6.07, 6.45) is 0. The molecule has 0 spiro atoms. The molecule has 0 unspecified atom stereocenters. The van der Waals surface area contributed by atoms with Gasteiger partial charge in [-0.2, -0.15) is 0 Å². The molecule has 0 radical (unpaired) electrons. The van der Waals surface area contributed by atoms with Crippen LogP contribution in [0.25, 0.3) is 0 Å². The topological polar surface area (TPSA) is 101 Å². The monoisotopic (exact) mass is 248 g/mol. The molecule has 0 aliphatic rings. The SMILES string of the molecule is CN=C(N)NCc1ccc(CNC(N)=NC)cc1. The van der Waals surface area contributed by atoms with Crippen molar-refractivity contribution in [3.63, 3.8) is 0 Å². The first-order chi connectivity index (χ1) is 8.65. The van der Waals surface area contributed by atoms with Gasteiger partial charge in [-0.05, 0) is 11.1 Å². The first-order valence-corrected chi connectivity index (χ1v) is 5.65. The molecule has 0 heterocycles. The molecule has 98 valence electrons. The van der Waals surface area contributed by atoms with E-state index in [1.807, 2.05) is 24.3 Å². The Hall–Kier alpha value is -2.24. The second-order valence-corrected chi connectivity index (χ2v) is 3.74. The smallest absolute Gasteiger partial charge is 0.188 e. The Balaban J connectivity index is 2.47. The van der Waals surface area contributed by atoms with E-state index in [1.54, 1.807) is 14.1 Å². The highest BCUT2D eigenvalue weighted by Gasteiger charge is 1.96. The van der Waals surface area contributed by atoms with Crippen molar-refractivity contribution < 1.29 is 0 Å². The number of benzene rings is 1. The van der Waals surface area contributed by atoms with Crippen molar-refractivity contribution in [3.8, 4) is 0 Å². The van der Waals surface area contributed by atoms with Crippen molar-refractivity contribution in [1.82, 2.24) is 10.6 Å². The van der Waals surface area contributed by atoms with E-state index >= 15 is 0 Å². The van der Waals surface area contributed by atoms with Crippen LogP contribution in [0.3, 0.4) is 0 Å². The summed E-state index contributed by atoms with van der Waals surface area (Å²) in [5, 5.41) is 6.00. The van der Waals surface area contributed by atoms with Gasteiger partial charge in [0.25, 0.3) is 0 Å². The molecule has 0 bridgehead atoms. The van der Waals surface area contributed by atoms with Crippen LogP contribution in [0.2, 0.25) is 0 Å². The van der Waals surface area contributed by atoms with E-state index in [4.69, 9.17) is 11.5 Å². The Morgan fingerprint density at radius 1 is 0.889 bits per heavy atom. The van der Waals surface area contributed by atoms with Crippen LogP contribution in [0.1, 0.15) is 11.1 Å². The Morgan fingerprint density at radius 2 is 1.22 bits per heavy atom. The largest absolute Gasteiger partial charge is 0.370 e. The third kappa shape index (κ3) is 4.73. The molecular weight excluding hydrogens is 228 g/mol. The summed E-state index contributed by atoms with van der Waals surface area (Å²) < 4.78 is 0. The first-order valence-electron chi connectivity index (χ1n) is 5.65. The molecular formula is C12H20N6. The van der Waals surface area contributed by atoms with E-state index in [1.165, 1.54) is 0 Å². The summed E-state index contributed by atoms with van der Waals surface area (Å²) in [6, 6.07) is 8.14. The van der Waals surface area contributed by atoms with E-state index in [9.17, 15) is 0 Å². The maximum absolute atomic E-state index is 5.55. The molecule has 0 amide bonds. The molecule has 6 N–H and O–H groups in total. The fourth-order valence-corrected chi connectivity index (χ4v) is 1.32. The maximum Gasteiger partial charge on any atom is 0.188 e. The lowest BCUT2D eigenvalue weighted by molar-refractivity contribution is 0.883. The van der Waals surface area contributed by atoms with Crippen molar-refractivity contribution in [2.24, 2.45) is 21.5 Å². The van der Waals surface area contributed by atoms with E-state index in [0.717, 1.165) is 11.1 Å². The van der Waals surface area contributed by atoms with E-state index in [2.05, 4.69) is 20.6 Å². The van der Waals surface area contributed by atoms with E-state index in [-0.39, 0.29) is 0 Å². The highest BCUT2D eigenvalue weighted by Crippen LogP contribution is 2.03. The normalized spacial score (nSPS) is 12.3. The fourth-order valence-electron chi connectivity index (χ4n) is 1.32. The first kappa shape index (κ1) is 13.8. The molecule has 0 aliphatic heterocycles. The van der Waals surface area contributed by atoms with E-state index in [0.29, 0.717) is 25.0 Å². The van der Waals surface area contributed by atoms with Crippen LogP contribution in [0.4, 0.5) is 0 Å². The van der Waals surface area contributed by atoms with Crippen molar-refractivity contribution in [1.29, 1.82) is 0 Å². The standard InChI is InChI=1S/C12H20N6/c1-15-11(13)17-7-9-3-5-10(6-4-9)8-18-12(14)16-2/h3-6H,7-8H2,1-2H3,(H3,13,15,17)(H3,14,16,18). The molecule has 0 aromatic heterocycles. The van der Waals surface area contributed by atoms with Gasteiger partial charge in [-0.15, -0.1) is 0 Å². The van der Waals surface area contributed by atoms with Crippen LogP contribution >= 0.6 is 0 Å². The Labute approximate surface area is 107 Å². The number of guanidine groups is 2. The number of hydrogen-bond donors (Lipinski definition) is 4. The third-order valence-corrected chi connectivity index (χ3v) is 2.45. The minimum absolute atomic E-state index is 0.438. The average Bonchev–Trinajstić information content (AvgIpc) is 2.43. The van der Waals surface area contributed by atoms with Gasteiger partial charge >= 0.3 is 0 Å². The second kappa shape index (κ2) is 7.16. The summed E-state index contributed by atoms with van der Waals surface area (Å²) in [6.45, 7) is 1.32. The molecule has 1 rings (SSSR count). The van der Waals surface area contributed by atoms with Crippen LogP contribution in [-0.4, -0.2) is 26.0 Å². The van der Waals surface area contributed by atoms with Crippen LogP contribution in [0, 0.1) is 0 Å². The van der Waals surface area contributed by atoms with Gasteiger partial charge < -0.3 is 22.1 Å². The third-order valence-electron chi connectivity index (χ3n) is 2.45. The molecule has 0 saturated heterocycles. The number of hydrogen-bond acceptors (Lipinski definition) is 2. The van der Waals surface area contributed by atoms with Crippen molar-refractivity contribution >= 4 is 11.9 Å². The van der Waals surface area contributed by atoms with Gasteiger partial charge in [-0.1, -0.05) is 24.3 Å². The number of rotatable bonds is 4. The van der Waals surface area contributed by atoms with Crippen molar-refractivity contribution in [3.05, 3.63) is 35.4 Å². The lowest BCUT2D eigenvalue weighted by Gasteiger charge is -2.07. The van der Waals surface area contributed by atoms with Crippen LogP contribution in [0.5, 0.6) is 0 Å². The zero-order valence-corrected chi connectivity index (χ0v) is 10.8. The highest BCUT2D eigenvalue weighted by atomic mass is 15.1. The van der Waals surface area contributed by atoms with Crippen molar-refractivity contribution in [2.75, 3.05) is 14.1 Å². The zero-order valence-electron chi connectivity index (χ0n) is 10.8. The van der Waals surface area contributed by atoms with Gasteiger partial charge in [0.2, 0.25) is 0 Å². The Bertz CT molecular complexity index is 380. The maximum atomic E-state index is 5.55. The molecule has 0 fully saturated rings. The Morgan fingerprint density at radius 3 is 1.50 bits per heavy atom. The van der Waals surface area contributed by atoms with Gasteiger partial charge in [0.1, 0.15) is 0 Å². The quantitative estimate of drug-likeness (QED) is 0.436. The van der Waals surface area contributed by atoms with Gasteiger partial charge in [0.05, 0.1) is 0 Å². The number of nitrogens with two attached hydrogens (primary N) is 2. The molecule has 1 aromatic rings.